The number of benzene rings is 1. The molecule has 4 heteroatoms. The average molecular weight is 207 g/mol. The van der Waals surface area contributed by atoms with Gasteiger partial charge < -0.3 is 4.79 Å². The lowest BCUT2D eigenvalue weighted by Crippen LogP contribution is -2.24. The van der Waals surface area contributed by atoms with Crippen LogP contribution in [0.1, 0.15) is 24.8 Å². The molecule has 0 saturated carbocycles. The van der Waals surface area contributed by atoms with Crippen molar-refractivity contribution in [3.8, 4) is 0 Å². The van der Waals surface area contributed by atoms with Crippen LogP contribution in [0.3, 0.4) is 0 Å². The smallest absolute Gasteiger partial charge is 0.217 e. The summed E-state index contributed by atoms with van der Waals surface area (Å²) in [7, 11) is 0. The van der Waals surface area contributed by atoms with Gasteiger partial charge in [-0.05, 0) is 5.56 Å². The third-order valence-corrected chi connectivity index (χ3v) is 2.49. The van der Waals surface area contributed by atoms with E-state index >= 15 is 0 Å². The van der Waals surface area contributed by atoms with Gasteiger partial charge in [0.15, 0.2) is 0 Å². The number of hydrogen-bond donors (Lipinski definition) is 0. The second-order valence-corrected chi connectivity index (χ2v) is 3.45. The molecule has 0 aliphatic rings. The van der Waals surface area contributed by atoms with E-state index in [0.717, 1.165) is 11.8 Å². The number of aldehydes is 1. The number of carbonyl (C=O) groups excluding carboxylic acids is 1. The first-order chi connectivity index (χ1) is 7.16. The van der Waals surface area contributed by atoms with Gasteiger partial charge in [-0.25, -0.2) is 0 Å². The van der Waals surface area contributed by atoms with E-state index in [1.54, 1.807) is 0 Å². The van der Waals surface area contributed by atoms with Gasteiger partial charge in [-0.3, -0.25) is 10.1 Å². The number of nitro groups is 1. The molecule has 1 rings (SSSR count). The molecule has 0 amide bonds. The van der Waals surface area contributed by atoms with Gasteiger partial charge in [-0.15, -0.1) is 0 Å². The first-order valence-corrected chi connectivity index (χ1v) is 4.79. The molecule has 1 aromatic carbocycles. The molecule has 0 spiro atoms. The van der Waals surface area contributed by atoms with Gasteiger partial charge in [0.05, 0.1) is 5.92 Å². The van der Waals surface area contributed by atoms with Crippen LogP contribution in [0.2, 0.25) is 0 Å². The van der Waals surface area contributed by atoms with Gasteiger partial charge in [-0.2, -0.15) is 0 Å². The van der Waals surface area contributed by atoms with Crippen molar-refractivity contribution in [3.05, 3.63) is 46.0 Å². The second-order valence-electron chi connectivity index (χ2n) is 3.45. The maximum atomic E-state index is 10.7. The van der Waals surface area contributed by atoms with Crippen molar-refractivity contribution in [2.24, 2.45) is 0 Å². The Bertz CT molecular complexity index is 337. The summed E-state index contributed by atoms with van der Waals surface area (Å²) in [4.78, 5) is 20.8. The Balaban J connectivity index is 2.92. The molecule has 4 nitrogen and oxygen atoms in total. The van der Waals surface area contributed by atoms with Gasteiger partial charge in [0, 0.05) is 18.3 Å². The highest BCUT2D eigenvalue weighted by Crippen LogP contribution is 2.23. The Labute approximate surface area is 88.1 Å². The molecule has 0 bridgehead atoms. The summed E-state index contributed by atoms with van der Waals surface area (Å²) in [5.41, 5.74) is 0.841. The maximum absolute atomic E-state index is 10.7. The standard InChI is InChI=1S/C11H13NO3/c1-9(12(14)15)11(7-8-13)10-5-3-2-4-6-10/h2-6,8-9,11H,7H2,1H3/t9-,11?/m0/s1. The van der Waals surface area contributed by atoms with Crippen molar-refractivity contribution in [2.45, 2.75) is 25.3 Å². The molecule has 0 N–H and O–H groups in total. The summed E-state index contributed by atoms with van der Waals surface area (Å²) in [6.07, 6.45) is 0.920. The lowest BCUT2D eigenvalue weighted by atomic mass is 9.90. The lowest BCUT2D eigenvalue weighted by molar-refractivity contribution is -0.522. The topological polar surface area (TPSA) is 60.2 Å². The molecule has 0 aromatic heterocycles. The first-order valence-electron chi connectivity index (χ1n) is 4.79. The van der Waals surface area contributed by atoms with Gasteiger partial charge in [0.25, 0.3) is 0 Å². The third kappa shape index (κ3) is 2.87. The molecule has 0 aliphatic carbocycles. The van der Waals surface area contributed by atoms with E-state index in [1.165, 1.54) is 6.92 Å². The number of rotatable bonds is 5. The van der Waals surface area contributed by atoms with Crippen molar-refractivity contribution >= 4 is 6.29 Å². The van der Waals surface area contributed by atoms with Crippen LogP contribution in [0.4, 0.5) is 0 Å². The normalized spacial score (nSPS) is 14.2. The Morgan fingerprint density at radius 2 is 2.00 bits per heavy atom. The van der Waals surface area contributed by atoms with E-state index in [0.29, 0.717) is 0 Å². The van der Waals surface area contributed by atoms with Gasteiger partial charge in [-0.1, -0.05) is 30.3 Å². The quantitative estimate of drug-likeness (QED) is 0.421. The largest absolute Gasteiger partial charge is 0.303 e. The molecular weight excluding hydrogens is 194 g/mol. The predicted molar refractivity (Wildman–Crippen MR) is 56.3 cm³/mol. The number of hydrogen-bond acceptors (Lipinski definition) is 3. The van der Waals surface area contributed by atoms with Crippen LogP contribution in [0, 0.1) is 10.1 Å². The van der Waals surface area contributed by atoms with Crippen LogP contribution in [0.25, 0.3) is 0 Å². The van der Waals surface area contributed by atoms with E-state index in [1.807, 2.05) is 30.3 Å². The minimum Gasteiger partial charge on any atom is -0.303 e. The fraction of sp³-hybridized carbons (Fsp3) is 0.364. The van der Waals surface area contributed by atoms with Crippen LogP contribution < -0.4 is 0 Å². The summed E-state index contributed by atoms with van der Waals surface area (Å²) in [6, 6.07) is 8.37. The van der Waals surface area contributed by atoms with Gasteiger partial charge >= 0.3 is 0 Å². The van der Waals surface area contributed by atoms with Crippen molar-refractivity contribution in [1.82, 2.24) is 0 Å². The molecule has 1 aromatic rings. The van der Waals surface area contributed by atoms with Crippen LogP contribution in [0.5, 0.6) is 0 Å². The predicted octanol–water partition coefficient (Wildman–Crippen LogP) is 2.02. The minimum atomic E-state index is -0.738. The first kappa shape index (κ1) is 11.4. The van der Waals surface area contributed by atoms with Crippen molar-refractivity contribution in [3.63, 3.8) is 0 Å². The van der Waals surface area contributed by atoms with E-state index in [-0.39, 0.29) is 17.3 Å². The van der Waals surface area contributed by atoms with Crippen molar-refractivity contribution < 1.29 is 9.72 Å². The van der Waals surface area contributed by atoms with E-state index in [2.05, 4.69) is 0 Å². The molecule has 0 radical (unpaired) electrons. The van der Waals surface area contributed by atoms with E-state index in [9.17, 15) is 14.9 Å². The SMILES string of the molecule is C[C@@H](C(CC=O)c1ccccc1)[N+](=O)[O-]. The summed E-state index contributed by atoms with van der Waals surface area (Å²) >= 11 is 0. The Morgan fingerprint density at radius 3 is 2.47 bits per heavy atom. The molecule has 0 fully saturated rings. The molecule has 0 heterocycles. The zero-order chi connectivity index (χ0) is 11.3. The fourth-order valence-electron chi connectivity index (χ4n) is 1.56. The molecule has 2 atom stereocenters. The number of nitrogens with zero attached hydrogens (tertiary/aromatic N) is 1. The van der Waals surface area contributed by atoms with Crippen molar-refractivity contribution in [2.75, 3.05) is 0 Å². The second kappa shape index (κ2) is 5.24. The summed E-state index contributed by atoms with van der Waals surface area (Å²) < 4.78 is 0. The average Bonchev–Trinajstić information content (AvgIpc) is 2.26. The highest BCUT2D eigenvalue weighted by molar-refractivity contribution is 5.52. The molecule has 0 saturated heterocycles. The summed E-state index contributed by atoms with van der Waals surface area (Å²) in [5, 5.41) is 10.7. The summed E-state index contributed by atoms with van der Waals surface area (Å²) in [5.74, 6) is -0.335. The van der Waals surface area contributed by atoms with Crippen LogP contribution >= 0.6 is 0 Å². The Kier molecular flexibility index (Phi) is 3.97. The number of carbonyl (C=O) groups is 1. The minimum absolute atomic E-state index is 0.187. The Hall–Kier alpha value is -1.71. The monoisotopic (exact) mass is 207 g/mol. The zero-order valence-corrected chi connectivity index (χ0v) is 8.50. The lowest BCUT2D eigenvalue weighted by Gasteiger charge is -2.15. The molecule has 0 aliphatic heterocycles. The molecule has 1 unspecified atom stereocenters. The molecule has 80 valence electrons. The van der Waals surface area contributed by atoms with Gasteiger partial charge in [0.1, 0.15) is 6.29 Å². The van der Waals surface area contributed by atoms with E-state index in [4.69, 9.17) is 0 Å². The molecule has 15 heavy (non-hydrogen) atoms. The maximum Gasteiger partial charge on any atom is 0.217 e. The van der Waals surface area contributed by atoms with E-state index < -0.39 is 6.04 Å². The Morgan fingerprint density at radius 1 is 1.40 bits per heavy atom. The van der Waals surface area contributed by atoms with Crippen LogP contribution in [0.15, 0.2) is 30.3 Å². The summed E-state index contributed by atoms with van der Waals surface area (Å²) in [6.45, 7) is 1.53. The highest BCUT2D eigenvalue weighted by Gasteiger charge is 2.27. The zero-order valence-electron chi connectivity index (χ0n) is 8.50. The third-order valence-electron chi connectivity index (χ3n) is 2.49. The van der Waals surface area contributed by atoms with Crippen LogP contribution in [-0.4, -0.2) is 17.3 Å². The van der Waals surface area contributed by atoms with Crippen LogP contribution in [-0.2, 0) is 4.79 Å². The fourth-order valence-corrected chi connectivity index (χ4v) is 1.56. The molecular formula is C11H13NO3. The highest BCUT2D eigenvalue weighted by atomic mass is 16.6. The van der Waals surface area contributed by atoms with Gasteiger partial charge in [0.2, 0.25) is 6.04 Å². The van der Waals surface area contributed by atoms with Crippen molar-refractivity contribution in [1.29, 1.82) is 0 Å².